The molecule has 0 atom stereocenters. The van der Waals surface area contributed by atoms with Gasteiger partial charge in [0.1, 0.15) is 6.61 Å². The predicted molar refractivity (Wildman–Crippen MR) is 83.9 cm³/mol. The van der Waals surface area contributed by atoms with Crippen LogP contribution in [0, 0.1) is 5.92 Å². The molecule has 0 radical (unpaired) electrons. The van der Waals surface area contributed by atoms with Crippen LogP contribution >= 0.6 is 0 Å². The monoisotopic (exact) mass is 288 g/mol. The van der Waals surface area contributed by atoms with Gasteiger partial charge in [-0.2, -0.15) is 0 Å². The van der Waals surface area contributed by atoms with Crippen LogP contribution in [-0.2, 0) is 0 Å². The first kappa shape index (κ1) is 14.2. The third kappa shape index (κ3) is 2.85. The van der Waals surface area contributed by atoms with E-state index in [1.54, 1.807) is 0 Å². The van der Waals surface area contributed by atoms with Crippen molar-refractivity contribution in [3.05, 3.63) is 23.8 Å². The van der Waals surface area contributed by atoms with Crippen molar-refractivity contribution in [2.24, 2.45) is 5.92 Å². The van der Waals surface area contributed by atoms with Gasteiger partial charge >= 0.3 is 0 Å². The zero-order chi connectivity index (χ0) is 14.8. The fourth-order valence-electron chi connectivity index (χ4n) is 3.32. The summed E-state index contributed by atoms with van der Waals surface area (Å²) in [5.74, 6) is 1.58. The van der Waals surface area contributed by atoms with Crippen molar-refractivity contribution in [2.45, 2.75) is 38.6 Å². The molecule has 4 nitrogen and oxygen atoms in total. The standard InChI is InChI=1S/C17H24N2O2/c1-12-6-8-13(9-7-12)19(2)17(20)14-4-3-5-15-16(14)21-11-10-18-15/h3-5,12-13,18H,6-11H2,1-2H3. The highest BCUT2D eigenvalue weighted by Gasteiger charge is 2.28. The van der Waals surface area contributed by atoms with E-state index in [4.69, 9.17) is 4.74 Å². The largest absolute Gasteiger partial charge is 0.489 e. The molecule has 0 unspecified atom stereocenters. The van der Waals surface area contributed by atoms with Gasteiger partial charge in [0.25, 0.3) is 5.91 Å². The summed E-state index contributed by atoms with van der Waals surface area (Å²) in [7, 11) is 1.93. The Morgan fingerprint density at radius 1 is 1.29 bits per heavy atom. The van der Waals surface area contributed by atoms with E-state index in [-0.39, 0.29) is 5.91 Å². The number of rotatable bonds is 2. The molecule has 1 aromatic rings. The maximum absolute atomic E-state index is 12.8. The van der Waals surface area contributed by atoms with Crippen LogP contribution in [0.3, 0.4) is 0 Å². The van der Waals surface area contributed by atoms with Gasteiger partial charge in [-0.3, -0.25) is 4.79 Å². The van der Waals surface area contributed by atoms with Crippen molar-refractivity contribution in [3.63, 3.8) is 0 Å². The van der Waals surface area contributed by atoms with Gasteiger partial charge in [-0.25, -0.2) is 0 Å². The van der Waals surface area contributed by atoms with Crippen LogP contribution in [0.2, 0.25) is 0 Å². The first-order chi connectivity index (χ1) is 10.2. The molecule has 0 bridgehead atoms. The molecule has 1 amide bonds. The number of hydrogen-bond acceptors (Lipinski definition) is 3. The quantitative estimate of drug-likeness (QED) is 0.909. The maximum atomic E-state index is 12.8. The molecular formula is C17H24N2O2. The Morgan fingerprint density at radius 2 is 2.05 bits per heavy atom. The van der Waals surface area contributed by atoms with E-state index in [2.05, 4.69) is 12.2 Å². The van der Waals surface area contributed by atoms with Crippen molar-refractivity contribution in [3.8, 4) is 5.75 Å². The third-order valence-corrected chi connectivity index (χ3v) is 4.76. The summed E-state index contributed by atoms with van der Waals surface area (Å²) in [6, 6.07) is 6.12. The Labute approximate surface area is 126 Å². The minimum atomic E-state index is 0.0788. The normalized spacial score (nSPS) is 24.5. The molecule has 0 spiro atoms. The van der Waals surface area contributed by atoms with Gasteiger partial charge in [-0.05, 0) is 43.7 Å². The molecule has 1 N–H and O–H groups in total. The molecule has 3 rings (SSSR count). The molecule has 4 heteroatoms. The van der Waals surface area contributed by atoms with Gasteiger partial charge in [-0.15, -0.1) is 0 Å². The third-order valence-electron chi connectivity index (χ3n) is 4.76. The Balaban J connectivity index is 1.78. The van der Waals surface area contributed by atoms with Crippen LogP contribution in [0.4, 0.5) is 5.69 Å². The Bertz CT molecular complexity index is 522. The van der Waals surface area contributed by atoms with E-state index < -0.39 is 0 Å². The van der Waals surface area contributed by atoms with Gasteiger partial charge in [0, 0.05) is 19.6 Å². The second-order valence-corrected chi connectivity index (χ2v) is 6.29. The second-order valence-electron chi connectivity index (χ2n) is 6.29. The number of amides is 1. The van der Waals surface area contributed by atoms with Crippen LogP contribution in [-0.4, -0.2) is 37.0 Å². The first-order valence-electron chi connectivity index (χ1n) is 7.93. The second kappa shape index (κ2) is 5.96. The molecular weight excluding hydrogens is 264 g/mol. The lowest BCUT2D eigenvalue weighted by molar-refractivity contribution is 0.0675. The minimum Gasteiger partial charge on any atom is -0.489 e. The van der Waals surface area contributed by atoms with E-state index in [0.717, 1.165) is 31.0 Å². The number of para-hydroxylation sites is 1. The van der Waals surface area contributed by atoms with Crippen LogP contribution in [0.25, 0.3) is 0 Å². The van der Waals surface area contributed by atoms with Crippen LogP contribution in [0.5, 0.6) is 5.75 Å². The number of benzene rings is 1. The van der Waals surface area contributed by atoms with E-state index in [0.29, 0.717) is 24.0 Å². The van der Waals surface area contributed by atoms with Crippen molar-refractivity contribution < 1.29 is 9.53 Å². The van der Waals surface area contributed by atoms with E-state index in [1.807, 2.05) is 30.1 Å². The molecule has 1 aliphatic carbocycles. The van der Waals surface area contributed by atoms with Gasteiger partial charge in [0.15, 0.2) is 5.75 Å². The number of anilines is 1. The van der Waals surface area contributed by atoms with Crippen molar-refractivity contribution >= 4 is 11.6 Å². The van der Waals surface area contributed by atoms with Crippen LogP contribution < -0.4 is 10.1 Å². The number of carbonyl (C=O) groups excluding carboxylic acids is 1. The van der Waals surface area contributed by atoms with Crippen LogP contribution in [0.15, 0.2) is 18.2 Å². The summed E-state index contributed by atoms with van der Waals surface area (Å²) in [4.78, 5) is 14.7. The highest BCUT2D eigenvalue weighted by Crippen LogP contribution is 2.33. The zero-order valence-electron chi connectivity index (χ0n) is 12.9. The Kier molecular flexibility index (Phi) is 4.04. The fraction of sp³-hybridized carbons (Fsp3) is 0.588. The number of hydrogen-bond donors (Lipinski definition) is 1. The Morgan fingerprint density at radius 3 is 2.81 bits per heavy atom. The molecule has 114 valence electrons. The topological polar surface area (TPSA) is 41.6 Å². The molecule has 21 heavy (non-hydrogen) atoms. The predicted octanol–water partition coefficient (Wildman–Crippen LogP) is 3.14. The SMILES string of the molecule is CC1CCC(N(C)C(=O)c2cccc3c2OCCN3)CC1. The highest BCUT2D eigenvalue weighted by molar-refractivity contribution is 5.99. The molecule has 2 aliphatic rings. The highest BCUT2D eigenvalue weighted by atomic mass is 16.5. The van der Waals surface area contributed by atoms with Gasteiger partial charge in [0.2, 0.25) is 0 Å². The van der Waals surface area contributed by atoms with Crippen molar-refractivity contribution in [2.75, 3.05) is 25.5 Å². The number of fused-ring (bicyclic) bond motifs is 1. The molecule has 0 aromatic heterocycles. The van der Waals surface area contributed by atoms with Gasteiger partial charge in [-0.1, -0.05) is 13.0 Å². The zero-order valence-corrected chi connectivity index (χ0v) is 12.9. The fourth-order valence-corrected chi connectivity index (χ4v) is 3.32. The lowest BCUT2D eigenvalue weighted by Gasteiger charge is -2.34. The summed E-state index contributed by atoms with van der Waals surface area (Å²) in [6.07, 6.45) is 4.65. The Hall–Kier alpha value is -1.71. The summed E-state index contributed by atoms with van der Waals surface area (Å²) < 4.78 is 5.72. The van der Waals surface area contributed by atoms with Crippen molar-refractivity contribution in [1.29, 1.82) is 0 Å². The average Bonchev–Trinajstić information content (AvgIpc) is 2.53. The van der Waals surface area contributed by atoms with Crippen molar-refractivity contribution in [1.82, 2.24) is 4.90 Å². The van der Waals surface area contributed by atoms with E-state index in [9.17, 15) is 4.79 Å². The van der Waals surface area contributed by atoms with E-state index in [1.165, 1.54) is 12.8 Å². The van der Waals surface area contributed by atoms with Gasteiger partial charge < -0.3 is 15.0 Å². The van der Waals surface area contributed by atoms with Gasteiger partial charge in [0.05, 0.1) is 11.3 Å². The lowest BCUT2D eigenvalue weighted by Crippen LogP contribution is -2.39. The minimum absolute atomic E-state index is 0.0788. The molecule has 1 fully saturated rings. The number of nitrogens with zero attached hydrogens (tertiary/aromatic N) is 1. The molecule has 1 heterocycles. The summed E-state index contributed by atoms with van der Waals surface area (Å²) in [6.45, 7) is 3.70. The summed E-state index contributed by atoms with van der Waals surface area (Å²) in [5, 5.41) is 3.29. The maximum Gasteiger partial charge on any atom is 0.257 e. The molecule has 1 aromatic carbocycles. The summed E-state index contributed by atoms with van der Waals surface area (Å²) in [5.41, 5.74) is 1.61. The smallest absolute Gasteiger partial charge is 0.257 e. The first-order valence-corrected chi connectivity index (χ1v) is 7.93. The molecule has 0 saturated heterocycles. The number of nitrogens with one attached hydrogen (secondary N) is 1. The molecule has 1 saturated carbocycles. The number of carbonyl (C=O) groups is 1. The van der Waals surface area contributed by atoms with E-state index >= 15 is 0 Å². The average molecular weight is 288 g/mol. The summed E-state index contributed by atoms with van der Waals surface area (Å²) >= 11 is 0. The number of ether oxygens (including phenoxy) is 1. The molecule has 1 aliphatic heterocycles. The lowest BCUT2D eigenvalue weighted by atomic mass is 9.86. The van der Waals surface area contributed by atoms with Crippen LogP contribution in [0.1, 0.15) is 43.0 Å².